The minimum absolute atomic E-state index is 0.111. The van der Waals surface area contributed by atoms with Gasteiger partial charge in [0, 0.05) is 12.1 Å². The Morgan fingerprint density at radius 1 is 1.38 bits per heavy atom. The number of hydrogen-bond donors (Lipinski definition) is 2. The summed E-state index contributed by atoms with van der Waals surface area (Å²) in [7, 11) is 0. The summed E-state index contributed by atoms with van der Waals surface area (Å²) in [5.41, 5.74) is 0.465. The third-order valence-corrected chi connectivity index (χ3v) is 2.24. The van der Waals surface area contributed by atoms with Gasteiger partial charge in [-0.2, -0.15) is 0 Å². The fourth-order valence-electron chi connectivity index (χ4n) is 1.30. The van der Waals surface area contributed by atoms with E-state index in [4.69, 9.17) is 5.11 Å². The Morgan fingerprint density at radius 2 is 1.94 bits per heavy atom. The van der Waals surface area contributed by atoms with Crippen molar-refractivity contribution in [1.82, 2.24) is 5.32 Å². The SMILES string of the molecule is CC(O)CNC(C)C(=O)c1ccc(F)cc1. The average molecular weight is 225 g/mol. The first-order valence-electron chi connectivity index (χ1n) is 5.22. The Labute approximate surface area is 94.3 Å². The number of hydrogen-bond acceptors (Lipinski definition) is 3. The fourth-order valence-corrected chi connectivity index (χ4v) is 1.30. The first-order chi connectivity index (χ1) is 7.50. The zero-order chi connectivity index (χ0) is 12.1. The van der Waals surface area contributed by atoms with E-state index >= 15 is 0 Å². The van der Waals surface area contributed by atoms with Gasteiger partial charge in [0.05, 0.1) is 12.1 Å². The zero-order valence-corrected chi connectivity index (χ0v) is 9.40. The third kappa shape index (κ3) is 3.72. The van der Waals surface area contributed by atoms with Gasteiger partial charge in [-0.1, -0.05) is 0 Å². The Morgan fingerprint density at radius 3 is 2.44 bits per heavy atom. The van der Waals surface area contributed by atoms with Crippen LogP contribution in [0.15, 0.2) is 24.3 Å². The molecule has 2 atom stereocenters. The number of carbonyl (C=O) groups is 1. The molecule has 0 radical (unpaired) electrons. The predicted octanol–water partition coefficient (Wildman–Crippen LogP) is 1.37. The van der Waals surface area contributed by atoms with Crippen LogP contribution in [0.3, 0.4) is 0 Å². The topological polar surface area (TPSA) is 49.3 Å². The minimum Gasteiger partial charge on any atom is -0.392 e. The number of ketones is 1. The lowest BCUT2D eigenvalue weighted by Gasteiger charge is -2.13. The van der Waals surface area contributed by atoms with Crippen LogP contribution in [0.25, 0.3) is 0 Å². The Bertz CT molecular complexity index is 349. The van der Waals surface area contributed by atoms with Crippen LogP contribution in [0, 0.1) is 5.82 Å². The molecule has 0 aromatic heterocycles. The van der Waals surface area contributed by atoms with Crippen LogP contribution in [0.2, 0.25) is 0 Å². The second-order valence-electron chi connectivity index (χ2n) is 3.85. The van der Waals surface area contributed by atoms with Gasteiger partial charge in [0.15, 0.2) is 5.78 Å². The molecule has 2 unspecified atom stereocenters. The van der Waals surface area contributed by atoms with E-state index in [1.54, 1.807) is 13.8 Å². The smallest absolute Gasteiger partial charge is 0.179 e. The number of halogens is 1. The molecule has 0 amide bonds. The third-order valence-electron chi connectivity index (χ3n) is 2.24. The molecule has 2 N–H and O–H groups in total. The van der Waals surface area contributed by atoms with Crippen molar-refractivity contribution in [2.75, 3.05) is 6.54 Å². The van der Waals surface area contributed by atoms with Crippen LogP contribution in [0.4, 0.5) is 4.39 Å². The molecule has 0 aliphatic carbocycles. The van der Waals surface area contributed by atoms with E-state index in [-0.39, 0.29) is 17.6 Å². The van der Waals surface area contributed by atoms with Gasteiger partial charge in [-0.25, -0.2) is 4.39 Å². The first-order valence-corrected chi connectivity index (χ1v) is 5.22. The van der Waals surface area contributed by atoms with Crippen molar-refractivity contribution in [3.63, 3.8) is 0 Å². The van der Waals surface area contributed by atoms with E-state index in [2.05, 4.69) is 5.32 Å². The lowest BCUT2D eigenvalue weighted by molar-refractivity contribution is 0.0941. The minimum atomic E-state index is -0.497. The molecule has 3 nitrogen and oxygen atoms in total. The maximum absolute atomic E-state index is 12.6. The van der Waals surface area contributed by atoms with Crippen molar-refractivity contribution < 1.29 is 14.3 Å². The van der Waals surface area contributed by atoms with Crippen molar-refractivity contribution in [1.29, 1.82) is 0 Å². The molecular formula is C12H16FNO2. The molecule has 0 heterocycles. The fraction of sp³-hybridized carbons (Fsp3) is 0.417. The largest absolute Gasteiger partial charge is 0.392 e. The molecule has 0 fully saturated rings. The monoisotopic (exact) mass is 225 g/mol. The van der Waals surface area contributed by atoms with Gasteiger partial charge in [0.25, 0.3) is 0 Å². The summed E-state index contributed by atoms with van der Waals surface area (Å²) >= 11 is 0. The molecular weight excluding hydrogens is 209 g/mol. The summed E-state index contributed by atoms with van der Waals surface area (Å²) < 4.78 is 12.6. The van der Waals surface area contributed by atoms with Gasteiger partial charge >= 0.3 is 0 Å². The van der Waals surface area contributed by atoms with Gasteiger partial charge in [-0.05, 0) is 38.1 Å². The molecule has 1 aromatic carbocycles. The maximum atomic E-state index is 12.6. The maximum Gasteiger partial charge on any atom is 0.179 e. The highest BCUT2D eigenvalue weighted by atomic mass is 19.1. The molecule has 1 rings (SSSR count). The van der Waals surface area contributed by atoms with E-state index in [9.17, 15) is 9.18 Å². The number of aliphatic hydroxyl groups is 1. The summed E-state index contributed by atoms with van der Waals surface area (Å²) in [6.07, 6.45) is -0.497. The van der Waals surface area contributed by atoms with E-state index < -0.39 is 6.10 Å². The molecule has 0 saturated carbocycles. The summed E-state index contributed by atoms with van der Waals surface area (Å²) in [4.78, 5) is 11.8. The second-order valence-corrected chi connectivity index (χ2v) is 3.85. The first kappa shape index (κ1) is 12.8. The average Bonchev–Trinajstić information content (AvgIpc) is 2.26. The van der Waals surface area contributed by atoms with E-state index in [0.29, 0.717) is 12.1 Å². The Hall–Kier alpha value is -1.26. The molecule has 4 heteroatoms. The van der Waals surface area contributed by atoms with Gasteiger partial charge in [-0.15, -0.1) is 0 Å². The lowest BCUT2D eigenvalue weighted by Crippen LogP contribution is -2.38. The molecule has 0 aliphatic rings. The second kappa shape index (κ2) is 5.72. The van der Waals surface area contributed by atoms with Crippen LogP contribution < -0.4 is 5.32 Å². The summed E-state index contributed by atoms with van der Waals surface area (Å²) in [6, 6.07) is 5.04. The lowest BCUT2D eigenvalue weighted by atomic mass is 10.1. The van der Waals surface area contributed by atoms with Gasteiger partial charge in [0.2, 0.25) is 0 Å². The van der Waals surface area contributed by atoms with Gasteiger partial charge in [0.1, 0.15) is 5.82 Å². The number of benzene rings is 1. The van der Waals surface area contributed by atoms with E-state index in [1.807, 2.05) is 0 Å². The Kier molecular flexibility index (Phi) is 4.58. The highest BCUT2D eigenvalue weighted by Crippen LogP contribution is 2.06. The molecule has 16 heavy (non-hydrogen) atoms. The van der Waals surface area contributed by atoms with Crippen LogP contribution in [0.1, 0.15) is 24.2 Å². The molecule has 1 aromatic rings. The highest BCUT2D eigenvalue weighted by molar-refractivity contribution is 5.99. The Balaban J connectivity index is 2.60. The van der Waals surface area contributed by atoms with Crippen molar-refractivity contribution >= 4 is 5.78 Å². The van der Waals surface area contributed by atoms with Crippen molar-refractivity contribution in [2.45, 2.75) is 26.0 Å². The molecule has 88 valence electrons. The van der Waals surface area contributed by atoms with Gasteiger partial charge < -0.3 is 10.4 Å². The standard InChI is InChI=1S/C12H16FNO2/c1-8(15)7-14-9(2)12(16)10-3-5-11(13)6-4-10/h3-6,8-9,14-15H,7H2,1-2H3. The molecule has 0 spiro atoms. The number of carbonyl (C=O) groups excluding carboxylic acids is 1. The quantitative estimate of drug-likeness (QED) is 0.744. The van der Waals surface area contributed by atoms with Crippen LogP contribution in [-0.4, -0.2) is 29.6 Å². The number of rotatable bonds is 5. The van der Waals surface area contributed by atoms with Crippen molar-refractivity contribution in [3.8, 4) is 0 Å². The summed E-state index contributed by atoms with van der Waals surface area (Å²) in [5, 5.41) is 12.0. The van der Waals surface area contributed by atoms with Crippen molar-refractivity contribution in [3.05, 3.63) is 35.6 Å². The number of Topliss-reactive ketones (excluding diaryl/α,β-unsaturated/α-hetero) is 1. The van der Waals surface area contributed by atoms with Crippen LogP contribution >= 0.6 is 0 Å². The van der Waals surface area contributed by atoms with Crippen molar-refractivity contribution in [2.24, 2.45) is 0 Å². The number of aliphatic hydroxyl groups excluding tert-OH is 1. The predicted molar refractivity (Wildman–Crippen MR) is 59.9 cm³/mol. The molecule has 0 saturated heterocycles. The van der Waals surface area contributed by atoms with Crippen LogP contribution in [-0.2, 0) is 0 Å². The molecule has 0 bridgehead atoms. The zero-order valence-electron chi connectivity index (χ0n) is 9.40. The normalized spacial score (nSPS) is 14.5. The van der Waals surface area contributed by atoms with Crippen LogP contribution in [0.5, 0.6) is 0 Å². The highest BCUT2D eigenvalue weighted by Gasteiger charge is 2.14. The number of nitrogens with one attached hydrogen (secondary N) is 1. The molecule has 0 aliphatic heterocycles. The van der Waals surface area contributed by atoms with Gasteiger partial charge in [-0.3, -0.25) is 4.79 Å². The van der Waals surface area contributed by atoms with E-state index in [1.165, 1.54) is 24.3 Å². The summed E-state index contributed by atoms with van der Waals surface area (Å²) in [5.74, 6) is -0.471. The van der Waals surface area contributed by atoms with E-state index in [0.717, 1.165) is 0 Å². The summed E-state index contributed by atoms with van der Waals surface area (Å²) in [6.45, 7) is 3.71.